The number of aryl methyl sites for hydroxylation is 3. The lowest BCUT2D eigenvalue weighted by Crippen LogP contribution is -2.15. The normalized spacial score (nSPS) is 10.5. The summed E-state index contributed by atoms with van der Waals surface area (Å²) in [7, 11) is 0. The Kier molecular flexibility index (Phi) is 6.43. The number of anilines is 2. The van der Waals surface area contributed by atoms with Gasteiger partial charge in [0.25, 0.3) is 5.91 Å². The average molecular weight is 413 g/mol. The van der Waals surface area contributed by atoms with Crippen LogP contribution in [-0.4, -0.2) is 27.8 Å². The topological polar surface area (TPSA) is 84.0 Å². The van der Waals surface area contributed by atoms with Gasteiger partial charge in [-0.2, -0.15) is 0 Å². The number of hydrogen-bond donors (Lipinski definition) is 2. The van der Waals surface area contributed by atoms with Gasteiger partial charge in [-0.15, -0.1) is 10.2 Å². The monoisotopic (exact) mass is 412 g/mol. The van der Waals surface area contributed by atoms with Gasteiger partial charge < -0.3 is 5.32 Å². The Balaban J connectivity index is 1.54. The van der Waals surface area contributed by atoms with Gasteiger partial charge in [0.1, 0.15) is 0 Å². The number of thioether (sulfide) groups is 1. The number of rotatable bonds is 6. The molecule has 0 spiro atoms. The van der Waals surface area contributed by atoms with E-state index in [-0.39, 0.29) is 17.6 Å². The van der Waals surface area contributed by atoms with Crippen molar-refractivity contribution in [3.05, 3.63) is 64.7 Å². The molecule has 0 aliphatic heterocycles. The second-order valence-electron chi connectivity index (χ2n) is 6.30. The van der Waals surface area contributed by atoms with E-state index in [9.17, 15) is 9.59 Å². The quantitative estimate of drug-likeness (QED) is 0.462. The molecule has 2 aromatic carbocycles. The number of nitrogens with zero attached hydrogens (tertiary/aromatic N) is 2. The first kappa shape index (κ1) is 20.0. The van der Waals surface area contributed by atoms with E-state index < -0.39 is 0 Å². The molecular formula is C20H20N4O2S2. The smallest absolute Gasteiger partial charge is 0.257 e. The van der Waals surface area contributed by atoms with Gasteiger partial charge in [-0.25, -0.2) is 0 Å². The second kappa shape index (κ2) is 8.99. The van der Waals surface area contributed by atoms with Gasteiger partial charge in [0.05, 0.1) is 5.75 Å². The van der Waals surface area contributed by atoms with Crippen molar-refractivity contribution in [3.63, 3.8) is 0 Å². The molecular weight excluding hydrogens is 392 g/mol. The summed E-state index contributed by atoms with van der Waals surface area (Å²) in [6.07, 6.45) is 0. The van der Waals surface area contributed by atoms with Gasteiger partial charge >= 0.3 is 0 Å². The van der Waals surface area contributed by atoms with Crippen molar-refractivity contribution in [3.8, 4) is 0 Å². The number of amides is 2. The van der Waals surface area contributed by atoms with Crippen LogP contribution in [0, 0.1) is 20.8 Å². The molecule has 8 heteroatoms. The van der Waals surface area contributed by atoms with Gasteiger partial charge in [-0.3, -0.25) is 14.9 Å². The zero-order valence-corrected chi connectivity index (χ0v) is 17.4. The molecule has 0 saturated heterocycles. The second-order valence-corrected chi connectivity index (χ2v) is 8.50. The van der Waals surface area contributed by atoms with E-state index in [0.717, 1.165) is 16.8 Å². The molecule has 0 unspecified atom stereocenters. The van der Waals surface area contributed by atoms with Gasteiger partial charge in [0.2, 0.25) is 11.0 Å². The van der Waals surface area contributed by atoms with Crippen molar-refractivity contribution in [2.45, 2.75) is 25.1 Å². The fourth-order valence-electron chi connectivity index (χ4n) is 2.76. The summed E-state index contributed by atoms with van der Waals surface area (Å²) in [4.78, 5) is 24.4. The molecule has 0 bridgehead atoms. The first-order valence-electron chi connectivity index (χ1n) is 8.63. The van der Waals surface area contributed by atoms with Crippen LogP contribution in [0.25, 0.3) is 0 Å². The molecule has 1 heterocycles. The van der Waals surface area contributed by atoms with Crippen molar-refractivity contribution in [1.82, 2.24) is 10.2 Å². The lowest BCUT2D eigenvalue weighted by molar-refractivity contribution is -0.113. The number of hydrogen-bond acceptors (Lipinski definition) is 6. The van der Waals surface area contributed by atoms with E-state index in [1.54, 1.807) is 24.3 Å². The molecule has 3 rings (SSSR count). The minimum absolute atomic E-state index is 0.106. The van der Waals surface area contributed by atoms with Crippen LogP contribution in [0.15, 0.2) is 46.8 Å². The van der Waals surface area contributed by atoms with Crippen LogP contribution in [-0.2, 0) is 4.79 Å². The molecule has 144 valence electrons. The summed E-state index contributed by atoms with van der Waals surface area (Å²) in [6, 6.07) is 13.0. The molecule has 6 nitrogen and oxygen atoms in total. The zero-order chi connectivity index (χ0) is 20.1. The maximum Gasteiger partial charge on any atom is 0.257 e. The molecule has 0 fully saturated rings. The molecule has 0 aliphatic carbocycles. The Morgan fingerprint density at radius 1 is 1.00 bits per heavy atom. The minimum atomic E-state index is -0.239. The lowest BCUT2D eigenvalue weighted by Gasteiger charge is -2.12. The number of aromatic nitrogens is 2. The summed E-state index contributed by atoms with van der Waals surface area (Å²) >= 11 is 2.53. The van der Waals surface area contributed by atoms with Crippen molar-refractivity contribution in [2.75, 3.05) is 16.4 Å². The summed E-state index contributed by atoms with van der Waals surface area (Å²) in [6.45, 7) is 6.00. The largest absolute Gasteiger partial charge is 0.325 e. The molecule has 0 saturated carbocycles. The molecule has 28 heavy (non-hydrogen) atoms. The highest BCUT2D eigenvalue weighted by atomic mass is 32.2. The summed E-state index contributed by atoms with van der Waals surface area (Å²) < 4.78 is 0.621. The average Bonchev–Trinajstić information content (AvgIpc) is 3.11. The molecule has 0 radical (unpaired) electrons. The van der Waals surface area contributed by atoms with Crippen LogP contribution in [0.3, 0.4) is 0 Å². The van der Waals surface area contributed by atoms with E-state index in [4.69, 9.17) is 0 Å². The predicted octanol–water partition coefficient (Wildman–Crippen LogP) is 4.45. The van der Waals surface area contributed by atoms with E-state index in [1.807, 2.05) is 39.0 Å². The minimum Gasteiger partial charge on any atom is -0.325 e. The third kappa shape index (κ3) is 5.17. The van der Waals surface area contributed by atoms with Crippen LogP contribution in [0.4, 0.5) is 10.8 Å². The first-order chi connectivity index (χ1) is 13.4. The maximum atomic E-state index is 12.3. The Hall–Kier alpha value is -2.71. The van der Waals surface area contributed by atoms with E-state index in [1.165, 1.54) is 28.7 Å². The predicted molar refractivity (Wildman–Crippen MR) is 114 cm³/mol. The maximum absolute atomic E-state index is 12.3. The molecule has 0 atom stereocenters. The summed E-state index contributed by atoms with van der Waals surface area (Å²) in [5.74, 6) is -0.130. The standard InChI is InChI=1S/C20H20N4O2S2/c1-12-9-13(2)17(14(3)10-12)21-16(25)11-27-20-24-23-19(28-20)22-18(26)15-7-5-4-6-8-15/h4-10H,11H2,1-3H3,(H,21,25)(H,22,23,26). The Morgan fingerprint density at radius 3 is 2.36 bits per heavy atom. The highest BCUT2D eigenvalue weighted by molar-refractivity contribution is 8.01. The van der Waals surface area contributed by atoms with Gasteiger partial charge in [0.15, 0.2) is 4.34 Å². The molecule has 2 N–H and O–H groups in total. The molecule has 1 aromatic heterocycles. The summed E-state index contributed by atoms with van der Waals surface area (Å²) in [5, 5.41) is 14.1. The summed E-state index contributed by atoms with van der Waals surface area (Å²) in [5.41, 5.74) is 4.65. The fourth-order valence-corrected chi connectivity index (χ4v) is 4.30. The van der Waals surface area contributed by atoms with Gasteiger partial charge in [-0.1, -0.05) is 59.0 Å². The lowest BCUT2D eigenvalue weighted by atomic mass is 10.1. The third-order valence-electron chi connectivity index (χ3n) is 3.93. The third-order valence-corrected chi connectivity index (χ3v) is 5.90. The number of carbonyl (C=O) groups is 2. The van der Waals surface area contributed by atoms with Crippen molar-refractivity contribution < 1.29 is 9.59 Å². The van der Waals surface area contributed by atoms with E-state index in [2.05, 4.69) is 20.8 Å². The van der Waals surface area contributed by atoms with Gasteiger partial charge in [0, 0.05) is 11.3 Å². The van der Waals surface area contributed by atoms with Crippen LogP contribution in [0.2, 0.25) is 0 Å². The Labute approximate surface area is 171 Å². The van der Waals surface area contributed by atoms with Crippen molar-refractivity contribution in [2.24, 2.45) is 0 Å². The number of nitrogens with one attached hydrogen (secondary N) is 2. The molecule has 3 aromatic rings. The van der Waals surface area contributed by atoms with Crippen LogP contribution in [0.5, 0.6) is 0 Å². The van der Waals surface area contributed by atoms with Crippen molar-refractivity contribution >= 4 is 45.7 Å². The Bertz CT molecular complexity index is 979. The fraction of sp³-hybridized carbons (Fsp3) is 0.200. The van der Waals surface area contributed by atoms with Crippen LogP contribution in [0.1, 0.15) is 27.0 Å². The van der Waals surface area contributed by atoms with Crippen molar-refractivity contribution in [1.29, 1.82) is 0 Å². The van der Waals surface area contributed by atoms with Gasteiger partial charge in [-0.05, 0) is 44.0 Å². The number of benzene rings is 2. The van der Waals surface area contributed by atoms with Crippen LogP contribution >= 0.6 is 23.1 Å². The molecule has 0 aliphatic rings. The van der Waals surface area contributed by atoms with Crippen LogP contribution < -0.4 is 10.6 Å². The number of carbonyl (C=O) groups excluding carboxylic acids is 2. The zero-order valence-electron chi connectivity index (χ0n) is 15.8. The highest BCUT2D eigenvalue weighted by Gasteiger charge is 2.13. The Morgan fingerprint density at radius 2 is 1.68 bits per heavy atom. The highest BCUT2D eigenvalue weighted by Crippen LogP contribution is 2.27. The molecule has 2 amide bonds. The SMILES string of the molecule is Cc1cc(C)c(NC(=O)CSc2nnc(NC(=O)c3ccccc3)s2)c(C)c1. The van der Waals surface area contributed by atoms with E-state index >= 15 is 0 Å². The van der Waals surface area contributed by atoms with E-state index in [0.29, 0.717) is 15.0 Å². The first-order valence-corrected chi connectivity index (χ1v) is 10.4.